The first-order valence-electron chi connectivity index (χ1n) is 6.04. The zero-order valence-corrected chi connectivity index (χ0v) is 11.0. The maximum atomic E-state index is 11.8. The van der Waals surface area contributed by atoms with Crippen molar-refractivity contribution in [1.82, 2.24) is 4.98 Å². The molecule has 0 saturated carbocycles. The Labute approximate surface area is 116 Å². The Morgan fingerprint density at radius 3 is 2.70 bits per heavy atom. The summed E-state index contributed by atoms with van der Waals surface area (Å²) in [6.07, 6.45) is 1.96. The average Bonchev–Trinajstić information content (AvgIpc) is 2.97. The number of ketones is 1. The van der Waals surface area contributed by atoms with E-state index in [-0.39, 0.29) is 11.5 Å². The van der Waals surface area contributed by atoms with E-state index in [0.717, 1.165) is 5.56 Å². The van der Waals surface area contributed by atoms with E-state index in [9.17, 15) is 9.59 Å². The molecule has 0 amide bonds. The summed E-state index contributed by atoms with van der Waals surface area (Å²) in [6.45, 7) is 0. The van der Waals surface area contributed by atoms with E-state index in [0.29, 0.717) is 12.0 Å². The minimum atomic E-state index is -0.513. The van der Waals surface area contributed by atoms with Crippen molar-refractivity contribution in [2.45, 2.75) is 6.42 Å². The Kier molecular flexibility index (Phi) is 4.35. The van der Waals surface area contributed by atoms with Crippen LogP contribution in [0.3, 0.4) is 0 Å². The first-order chi connectivity index (χ1) is 9.70. The third-order valence-electron chi connectivity index (χ3n) is 2.69. The first kappa shape index (κ1) is 13.6. The summed E-state index contributed by atoms with van der Waals surface area (Å²) in [7, 11) is 1.28. The number of nitrogens with one attached hydrogen (secondary N) is 1. The van der Waals surface area contributed by atoms with E-state index in [1.165, 1.54) is 19.4 Å². The number of ether oxygens (including phenoxy) is 1. The van der Waals surface area contributed by atoms with Crippen LogP contribution >= 0.6 is 0 Å². The largest absolute Gasteiger partial charge is 0.464 e. The van der Waals surface area contributed by atoms with Crippen LogP contribution in [-0.4, -0.2) is 23.8 Å². The maximum absolute atomic E-state index is 11.8. The van der Waals surface area contributed by atoms with Gasteiger partial charge in [-0.15, -0.1) is 0 Å². The number of aromatic amines is 1. The molecule has 0 aliphatic heterocycles. The van der Waals surface area contributed by atoms with Crippen molar-refractivity contribution in [2.24, 2.45) is 0 Å². The lowest BCUT2D eigenvalue weighted by atomic mass is 10.1. The van der Waals surface area contributed by atoms with Crippen LogP contribution < -0.4 is 0 Å². The average molecular weight is 267 g/mol. The summed E-state index contributed by atoms with van der Waals surface area (Å²) in [5.74, 6) is 4.54. The topological polar surface area (TPSA) is 59.2 Å². The predicted octanol–water partition coefficient (Wildman–Crippen LogP) is 2.23. The van der Waals surface area contributed by atoms with E-state index >= 15 is 0 Å². The highest BCUT2D eigenvalue weighted by Gasteiger charge is 2.11. The van der Waals surface area contributed by atoms with Crippen LogP contribution in [0.4, 0.5) is 0 Å². The van der Waals surface area contributed by atoms with Gasteiger partial charge in [-0.05, 0) is 17.6 Å². The Bertz CT molecular complexity index is 674. The van der Waals surface area contributed by atoms with Crippen LogP contribution in [0.15, 0.2) is 42.6 Å². The lowest BCUT2D eigenvalue weighted by molar-refractivity contribution is 0.0595. The fourth-order valence-corrected chi connectivity index (χ4v) is 1.65. The number of hydrogen-bond donors (Lipinski definition) is 1. The van der Waals surface area contributed by atoms with Gasteiger partial charge < -0.3 is 9.72 Å². The SMILES string of the molecule is COC(=O)c1cc(C(=O)C#CCc2ccccc2)c[nH]1. The van der Waals surface area contributed by atoms with Crippen molar-refractivity contribution in [3.63, 3.8) is 0 Å². The van der Waals surface area contributed by atoms with Crippen LogP contribution in [0, 0.1) is 11.8 Å². The fraction of sp³-hybridized carbons (Fsp3) is 0.125. The van der Waals surface area contributed by atoms with Gasteiger partial charge in [0.15, 0.2) is 0 Å². The van der Waals surface area contributed by atoms with Crippen molar-refractivity contribution in [3.8, 4) is 11.8 Å². The van der Waals surface area contributed by atoms with Crippen LogP contribution in [0.1, 0.15) is 26.4 Å². The van der Waals surface area contributed by atoms with Gasteiger partial charge in [0.25, 0.3) is 0 Å². The zero-order chi connectivity index (χ0) is 14.4. The monoisotopic (exact) mass is 267 g/mol. The maximum Gasteiger partial charge on any atom is 0.354 e. The summed E-state index contributed by atoms with van der Waals surface area (Å²) in [5.41, 5.74) is 1.64. The zero-order valence-electron chi connectivity index (χ0n) is 11.0. The molecule has 2 aromatic rings. The Morgan fingerprint density at radius 1 is 1.25 bits per heavy atom. The molecule has 4 heteroatoms. The number of carbonyl (C=O) groups is 2. The van der Waals surface area contributed by atoms with Crippen molar-refractivity contribution in [2.75, 3.05) is 7.11 Å². The van der Waals surface area contributed by atoms with Crippen molar-refractivity contribution >= 4 is 11.8 Å². The molecule has 100 valence electrons. The molecule has 1 N–H and O–H groups in total. The second-order valence-electron chi connectivity index (χ2n) is 4.09. The molecule has 0 bridgehead atoms. The van der Waals surface area contributed by atoms with E-state index in [1.54, 1.807) is 0 Å². The van der Waals surface area contributed by atoms with Gasteiger partial charge >= 0.3 is 5.97 Å². The molecular weight excluding hydrogens is 254 g/mol. The lowest BCUT2D eigenvalue weighted by Gasteiger charge is -1.92. The molecule has 1 aromatic heterocycles. The molecule has 0 atom stereocenters. The predicted molar refractivity (Wildman–Crippen MR) is 74.4 cm³/mol. The van der Waals surface area contributed by atoms with E-state index in [4.69, 9.17) is 0 Å². The number of methoxy groups -OCH3 is 1. The molecule has 4 nitrogen and oxygen atoms in total. The quantitative estimate of drug-likeness (QED) is 0.401. The van der Waals surface area contributed by atoms with E-state index < -0.39 is 5.97 Å². The molecule has 0 spiro atoms. The van der Waals surface area contributed by atoms with Crippen LogP contribution in [0.25, 0.3) is 0 Å². The first-order valence-corrected chi connectivity index (χ1v) is 6.04. The second-order valence-corrected chi connectivity index (χ2v) is 4.09. The molecule has 0 radical (unpaired) electrons. The van der Waals surface area contributed by atoms with Crippen molar-refractivity contribution in [3.05, 3.63) is 59.4 Å². The van der Waals surface area contributed by atoms with Gasteiger partial charge in [0.2, 0.25) is 5.78 Å². The normalized spacial score (nSPS) is 9.45. The highest BCUT2D eigenvalue weighted by molar-refractivity contribution is 6.09. The summed E-state index contributed by atoms with van der Waals surface area (Å²) >= 11 is 0. The summed E-state index contributed by atoms with van der Waals surface area (Å²) in [4.78, 5) is 25.7. The van der Waals surface area contributed by atoms with Crippen LogP contribution in [-0.2, 0) is 11.2 Å². The molecular formula is C16H13NO3. The molecule has 1 aromatic carbocycles. The van der Waals surface area contributed by atoms with E-state index in [2.05, 4.69) is 21.6 Å². The van der Waals surface area contributed by atoms with Gasteiger partial charge in [-0.3, -0.25) is 4.79 Å². The molecule has 0 saturated heterocycles. The molecule has 0 aliphatic rings. The number of aromatic nitrogens is 1. The molecule has 20 heavy (non-hydrogen) atoms. The summed E-state index contributed by atoms with van der Waals surface area (Å²) in [5, 5.41) is 0. The minimum absolute atomic E-state index is 0.237. The molecule has 0 fully saturated rings. The van der Waals surface area contributed by atoms with Gasteiger partial charge in [0, 0.05) is 18.2 Å². The van der Waals surface area contributed by atoms with E-state index in [1.807, 2.05) is 30.3 Å². The standard InChI is InChI=1S/C16H13NO3/c1-20-16(19)14-10-13(11-17-14)15(18)9-5-8-12-6-3-2-4-7-12/h2-4,6-7,10-11,17H,8H2,1H3. The number of rotatable bonds is 3. The molecule has 1 heterocycles. The molecule has 0 unspecified atom stereocenters. The molecule has 0 aliphatic carbocycles. The van der Waals surface area contributed by atoms with Gasteiger partial charge in [-0.25, -0.2) is 4.79 Å². The summed E-state index contributed by atoms with van der Waals surface area (Å²) < 4.78 is 4.55. The number of esters is 1. The highest BCUT2D eigenvalue weighted by Crippen LogP contribution is 2.05. The van der Waals surface area contributed by atoms with Gasteiger partial charge in [-0.2, -0.15) is 0 Å². The third-order valence-corrected chi connectivity index (χ3v) is 2.69. The van der Waals surface area contributed by atoms with Crippen LogP contribution in [0.5, 0.6) is 0 Å². The van der Waals surface area contributed by atoms with Gasteiger partial charge in [-0.1, -0.05) is 36.3 Å². The van der Waals surface area contributed by atoms with Gasteiger partial charge in [0.1, 0.15) is 5.69 Å². The minimum Gasteiger partial charge on any atom is -0.464 e. The second kappa shape index (κ2) is 6.39. The summed E-state index contributed by atoms with van der Waals surface area (Å²) in [6, 6.07) is 11.1. The fourth-order valence-electron chi connectivity index (χ4n) is 1.65. The Morgan fingerprint density at radius 2 is 2.00 bits per heavy atom. The van der Waals surface area contributed by atoms with Crippen molar-refractivity contribution < 1.29 is 14.3 Å². The third kappa shape index (κ3) is 3.36. The number of carbonyl (C=O) groups excluding carboxylic acids is 2. The van der Waals surface area contributed by atoms with Gasteiger partial charge in [0.05, 0.1) is 7.11 Å². The van der Waals surface area contributed by atoms with Crippen molar-refractivity contribution in [1.29, 1.82) is 0 Å². The number of benzene rings is 1. The Balaban J connectivity index is 2.02. The molecule has 2 rings (SSSR count). The Hall–Kier alpha value is -2.80. The number of hydrogen-bond acceptors (Lipinski definition) is 3. The number of H-pyrrole nitrogens is 1. The van der Waals surface area contributed by atoms with Crippen LogP contribution in [0.2, 0.25) is 0 Å². The number of Topliss-reactive ketones (excluding diaryl/α,β-unsaturated/α-hetero) is 1. The highest BCUT2D eigenvalue weighted by atomic mass is 16.5. The lowest BCUT2D eigenvalue weighted by Crippen LogP contribution is -2.00. The smallest absolute Gasteiger partial charge is 0.354 e.